The fraction of sp³-hybridized carbons (Fsp3) is 0.167. The summed E-state index contributed by atoms with van der Waals surface area (Å²) in [7, 11) is 0. The average molecular weight is 350 g/mol. The van der Waals surface area contributed by atoms with E-state index in [0.29, 0.717) is 30.8 Å². The molecule has 4 aromatic rings. The lowest BCUT2D eigenvalue weighted by Crippen LogP contribution is -2.35. The molecule has 0 spiro atoms. The van der Waals surface area contributed by atoms with E-state index in [9.17, 15) is 4.79 Å². The summed E-state index contributed by atoms with van der Waals surface area (Å²) in [6.07, 6.45) is 4.52. The molecule has 4 aromatic heterocycles. The molecule has 0 aromatic carbocycles. The van der Waals surface area contributed by atoms with Crippen LogP contribution < -0.4 is 0 Å². The maximum Gasteiger partial charge on any atom is 0.255 e. The summed E-state index contributed by atoms with van der Waals surface area (Å²) >= 11 is 1.51. The largest absolute Gasteiger partial charge is 0.354 e. The summed E-state index contributed by atoms with van der Waals surface area (Å²) < 4.78 is 7.46. The van der Waals surface area contributed by atoms with Gasteiger partial charge in [0.25, 0.3) is 5.91 Å². The van der Waals surface area contributed by atoms with Gasteiger partial charge in [-0.1, -0.05) is 11.2 Å². The number of rotatable bonds is 2. The molecule has 0 radical (unpaired) electrons. The highest BCUT2D eigenvalue weighted by atomic mass is 32.1. The van der Waals surface area contributed by atoms with Gasteiger partial charge >= 0.3 is 0 Å². The van der Waals surface area contributed by atoms with E-state index in [0.717, 1.165) is 22.5 Å². The van der Waals surface area contributed by atoms with Crippen LogP contribution >= 0.6 is 11.3 Å². The van der Waals surface area contributed by atoms with Crippen LogP contribution in [0, 0.1) is 0 Å². The second kappa shape index (κ2) is 5.56. The normalized spacial score (nSPS) is 14.0. The van der Waals surface area contributed by atoms with E-state index in [2.05, 4.69) is 10.1 Å². The molecule has 124 valence electrons. The lowest BCUT2D eigenvalue weighted by atomic mass is 10.0. The van der Waals surface area contributed by atoms with Crippen LogP contribution in [0.1, 0.15) is 21.6 Å². The molecule has 1 amide bonds. The Hall–Kier alpha value is -2.93. The molecule has 0 N–H and O–H groups in total. The fourth-order valence-corrected chi connectivity index (χ4v) is 3.80. The quantitative estimate of drug-likeness (QED) is 0.557. The van der Waals surface area contributed by atoms with Crippen molar-refractivity contribution in [3.8, 4) is 11.5 Å². The van der Waals surface area contributed by atoms with Crippen LogP contribution in [-0.4, -0.2) is 31.9 Å². The van der Waals surface area contributed by atoms with Gasteiger partial charge in [0.1, 0.15) is 5.69 Å². The first kappa shape index (κ1) is 14.4. The van der Waals surface area contributed by atoms with Gasteiger partial charge in [0.2, 0.25) is 0 Å². The second-order valence-electron chi connectivity index (χ2n) is 6.05. The number of carbonyl (C=O) groups is 1. The maximum atomic E-state index is 12.9. The van der Waals surface area contributed by atoms with E-state index in [4.69, 9.17) is 4.52 Å². The molecule has 6 nitrogen and oxygen atoms in total. The minimum absolute atomic E-state index is 0.0276. The maximum absolute atomic E-state index is 12.9. The zero-order valence-corrected chi connectivity index (χ0v) is 14.1. The highest BCUT2D eigenvalue weighted by Crippen LogP contribution is 2.30. The standard InChI is InChI=1S/C18H14N4O2S/c23-18(12-7-13-3-1-2-5-21(13)8-12)22-6-4-15-14(9-22)17(24-20-15)16-10-25-11-19-16/h1-3,5,7-8,10-11H,4,6,9H2. The van der Waals surface area contributed by atoms with Gasteiger partial charge in [-0.15, -0.1) is 11.3 Å². The Labute approximate surface area is 147 Å². The van der Waals surface area contributed by atoms with Crippen molar-refractivity contribution >= 4 is 22.8 Å². The van der Waals surface area contributed by atoms with Gasteiger partial charge in [-0.3, -0.25) is 4.79 Å². The molecule has 1 aliphatic heterocycles. The van der Waals surface area contributed by atoms with Gasteiger partial charge in [0.15, 0.2) is 5.76 Å². The fourth-order valence-electron chi connectivity index (χ4n) is 3.27. The van der Waals surface area contributed by atoms with Gasteiger partial charge in [0, 0.05) is 41.8 Å². The van der Waals surface area contributed by atoms with Crippen molar-refractivity contribution in [1.82, 2.24) is 19.4 Å². The zero-order chi connectivity index (χ0) is 16.8. The lowest BCUT2D eigenvalue weighted by molar-refractivity contribution is 0.0734. The van der Waals surface area contributed by atoms with Crippen molar-refractivity contribution in [2.75, 3.05) is 6.54 Å². The predicted molar refractivity (Wildman–Crippen MR) is 93.5 cm³/mol. The van der Waals surface area contributed by atoms with Gasteiger partial charge in [-0.2, -0.15) is 0 Å². The van der Waals surface area contributed by atoms with Crippen LogP contribution in [0.5, 0.6) is 0 Å². The zero-order valence-electron chi connectivity index (χ0n) is 13.3. The number of carbonyl (C=O) groups excluding carboxylic acids is 1. The third kappa shape index (κ3) is 2.35. The summed E-state index contributed by atoms with van der Waals surface area (Å²) in [6, 6.07) is 7.83. The molecule has 5 heterocycles. The second-order valence-corrected chi connectivity index (χ2v) is 6.77. The van der Waals surface area contributed by atoms with Gasteiger partial charge in [0.05, 0.1) is 23.3 Å². The number of thiazole rings is 1. The monoisotopic (exact) mass is 350 g/mol. The molecule has 0 saturated heterocycles. The first-order valence-corrected chi connectivity index (χ1v) is 8.96. The Morgan fingerprint density at radius 1 is 1.32 bits per heavy atom. The third-order valence-corrected chi connectivity index (χ3v) is 5.13. The Morgan fingerprint density at radius 2 is 2.28 bits per heavy atom. The molecule has 1 aliphatic rings. The van der Waals surface area contributed by atoms with E-state index in [-0.39, 0.29) is 5.91 Å². The number of nitrogens with zero attached hydrogens (tertiary/aromatic N) is 4. The lowest BCUT2D eigenvalue weighted by Gasteiger charge is -2.25. The van der Waals surface area contributed by atoms with Crippen LogP contribution in [0.15, 0.2) is 52.1 Å². The van der Waals surface area contributed by atoms with E-state index in [1.807, 2.05) is 51.3 Å². The minimum atomic E-state index is 0.0276. The Morgan fingerprint density at radius 3 is 3.12 bits per heavy atom. The van der Waals surface area contributed by atoms with Crippen molar-refractivity contribution in [2.24, 2.45) is 0 Å². The smallest absolute Gasteiger partial charge is 0.255 e. The Kier molecular flexibility index (Phi) is 3.21. The summed E-state index contributed by atoms with van der Waals surface area (Å²) in [5.41, 5.74) is 6.15. The van der Waals surface area contributed by atoms with Crippen molar-refractivity contribution in [2.45, 2.75) is 13.0 Å². The molecular weight excluding hydrogens is 336 g/mol. The molecule has 0 atom stereocenters. The van der Waals surface area contributed by atoms with Crippen LogP contribution in [0.25, 0.3) is 17.0 Å². The molecular formula is C18H14N4O2S. The molecule has 0 unspecified atom stereocenters. The van der Waals surface area contributed by atoms with Crippen LogP contribution in [0.3, 0.4) is 0 Å². The molecule has 0 saturated carbocycles. The van der Waals surface area contributed by atoms with Crippen molar-refractivity contribution in [3.05, 3.63) is 64.4 Å². The highest BCUT2D eigenvalue weighted by Gasteiger charge is 2.29. The molecule has 5 rings (SSSR count). The van der Waals surface area contributed by atoms with Gasteiger partial charge in [-0.25, -0.2) is 4.98 Å². The van der Waals surface area contributed by atoms with Crippen molar-refractivity contribution in [1.29, 1.82) is 0 Å². The highest BCUT2D eigenvalue weighted by molar-refractivity contribution is 7.07. The first-order valence-electron chi connectivity index (χ1n) is 8.01. The molecule has 0 fully saturated rings. The van der Waals surface area contributed by atoms with E-state index >= 15 is 0 Å². The number of fused-ring (bicyclic) bond motifs is 2. The number of amides is 1. The number of hydrogen-bond acceptors (Lipinski definition) is 5. The summed E-state index contributed by atoms with van der Waals surface area (Å²) in [5.74, 6) is 0.704. The number of aromatic nitrogens is 3. The third-order valence-electron chi connectivity index (χ3n) is 4.54. The van der Waals surface area contributed by atoms with Crippen LogP contribution in [0.2, 0.25) is 0 Å². The molecule has 0 bridgehead atoms. The predicted octanol–water partition coefficient (Wildman–Crippen LogP) is 3.25. The number of pyridine rings is 1. The summed E-state index contributed by atoms with van der Waals surface area (Å²) in [6.45, 7) is 1.14. The molecule has 25 heavy (non-hydrogen) atoms. The SMILES string of the molecule is O=C(c1cc2ccccn2c1)N1CCc2noc(-c3cscn3)c2C1. The average Bonchev–Trinajstić information content (AvgIpc) is 3.37. The van der Waals surface area contributed by atoms with Gasteiger partial charge < -0.3 is 13.8 Å². The summed E-state index contributed by atoms with van der Waals surface area (Å²) in [5, 5.41) is 6.09. The molecule has 7 heteroatoms. The molecule has 0 aliphatic carbocycles. The van der Waals surface area contributed by atoms with Crippen LogP contribution in [0.4, 0.5) is 0 Å². The van der Waals surface area contributed by atoms with Crippen LogP contribution in [-0.2, 0) is 13.0 Å². The van der Waals surface area contributed by atoms with E-state index in [1.54, 1.807) is 5.51 Å². The van der Waals surface area contributed by atoms with Gasteiger partial charge in [-0.05, 0) is 18.2 Å². The number of hydrogen-bond donors (Lipinski definition) is 0. The minimum Gasteiger partial charge on any atom is -0.354 e. The van der Waals surface area contributed by atoms with Crippen molar-refractivity contribution in [3.63, 3.8) is 0 Å². The Balaban J connectivity index is 1.47. The van der Waals surface area contributed by atoms with E-state index < -0.39 is 0 Å². The van der Waals surface area contributed by atoms with Crippen molar-refractivity contribution < 1.29 is 9.32 Å². The van der Waals surface area contributed by atoms with E-state index in [1.165, 1.54) is 11.3 Å². The summed E-state index contributed by atoms with van der Waals surface area (Å²) in [4.78, 5) is 19.1. The Bertz CT molecular complexity index is 1030. The topological polar surface area (TPSA) is 63.6 Å². The first-order chi connectivity index (χ1) is 12.3.